The summed E-state index contributed by atoms with van der Waals surface area (Å²) < 4.78 is 1.11. The number of fused-ring (bicyclic) bond motifs is 3. The van der Waals surface area contributed by atoms with Gasteiger partial charge in [-0.25, -0.2) is 0 Å². The topological polar surface area (TPSA) is 0 Å². The largest absolute Gasteiger partial charge is 0.117 e. The van der Waals surface area contributed by atoms with E-state index in [1.165, 1.54) is 16.0 Å². The zero-order valence-electron chi connectivity index (χ0n) is 8.71. The van der Waals surface area contributed by atoms with Gasteiger partial charge in [0.1, 0.15) is 0 Å². The van der Waals surface area contributed by atoms with E-state index in [-0.39, 0.29) is 0 Å². The zero-order chi connectivity index (χ0) is 11.3. The van der Waals surface area contributed by atoms with Crippen LogP contribution in [0.25, 0.3) is 5.57 Å². The van der Waals surface area contributed by atoms with Gasteiger partial charge >= 0.3 is 0 Å². The molecular formula is C13H10BrClS. The minimum atomic E-state index is 0.551. The standard InChI is InChI=1S/C13H10BrClS/c1-7-3-2-4-9-12-10(14)5-8(15)6-11(12)16-13(7)9/h2-7,13H,1H3. The van der Waals surface area contributed by atoms with Gasteiger partial charge in [-0.2, -0.15) is 0 Å². The Morgan fingerprint density at radius 2 is 2.19 bits per heavy atom. The van der Waals surface area contributed by atoms with Gasteiger partial charge in [0.15, 0.2) is 0 Å². The molecule has 0 spiro atoms. The van der Waals surface area contributed by atoms with E-state index in [1.54, 1.807) is 0 Å². The van der Waals surface area contributed by atoms with Crippen molar-refractivity contribution < 1.29 is 0 Å². The SMILES string of the molecule is CC1C=CC=C2c3c(Br)cc(Cl)cc3SC21. The van der Waals surface area contributed by atoms with E-state index in [2.05, 4.69) is 47.1 Å². The average molecular weight is 314 g/mol. The van der Waals surface area contributed by atoms with Crippen LogP contribution in [0.5, 0.6) is 0 Å². The molecule has 0 N–H and O–H groups in total. The molecular weight excluding hydrogens is 304 g/mol. The fourth-order valence-electron chi connectivity index (χ4n) is 2.27. The monoisotopic (exact) mass is 312 g/mol. The van der Waals surface area contributed by atoms with E-state index in [4.69, 9.17) is 11.6 Å². The molecule has 1 aliphatic carbocycles. The molecule has 1 heterocycles. The lowest BCUT2D eigenvalue weighted by Crippen LogP contribution is -2.12. The molecule has 0 fully saturated rings. The van der Waals surface area contributed by atoms with Crippen LogP contribution in [0.1, 0.15) is 12.5 Å². The Morgan fingerprint density at radius 3 is 3.00 bits per heavy atom. The van der Waals surface area contributed by atoms with Crippen LogP contribution >= 0.6 is 39.3 Å². The molecule has 0 bridgehead atoms. The highest BCUT2D eigenvalue weighted by molar-refractivity contribution is 9.10. The Hall–Kier alpha value is -0.180. The summed E-state index contributed by atoms with van der Waals surface area (Å²) in [6.07, 6.45) is 6.65. The molecule has 0 nitrogen and oxygen atoms in total. The molecule has 3 rings (SSSR count). The van der Waals surface area contributed by atoms with Gasteiger partial charge in [0.05, 0.1) is 0 Å². The first-order valence-corrected chi connectivity index (χ1v) is 7.26. The first kappa shape index (κ1) is 10.9. The van der Waals surface area contributed by atoms with Crippen molar-refractivity contribution in [3.05, 3.63) is 45.4 Å². The third-order valence-corrected chi connectivity index (χ3v) is 5.39. The fraction of sp³-hybridized carbons (Fsp3) is 0.231. The van der Waals surface area contributed by atoms with E-state index in [0.29, 0.717) is 11.2 Å². The number of halogens is 2. The van der Waals surface area contributed by atoms with Crippen LogP contribution in [0.2, 0.25) is 5.02 Å². The maximum Gasteiger partial charge on any atom is 0.0428 e. The Morgan fingerprint density at radius 1 is 1.38 bits per heavy atom. The Kier molecular flexibility index (Phi) is 2.69. The Labute approximate surface area is 113 Å². The second kappa shape index (κ2) is 3.94. The normalized spacial score (nSPS) is 26.3. The average Bonchev–Trinajstić information content (AvgIpc) is 2.57. The molecule has 0 saturated heterocycles. The lowest BCUT2D eigenvalue weighted by Gasteiger charge is -2.19. The van der Waals surface area contributed by atoms with E-state index in [1.807, 2.05) is 17.8 Å². The third kappa shape index (κ3) is 1.59. The second-order valence-corrected chi connectivity index (χ2v) is 6.64. The number of thioether (sulfide) groups is 1. The molecule has 0 radical (unpaired) electrons. The van der Waals surface area contributed by atoms with Gasteiger partial charge in [-0.1, -0.05) is 52.7 Å². The third-order valence-electron chi connectivity index (χ3n) is 3.04. The highest BCUT2D eigenvalue weighted by Crippen LogP contribution is 2.52. The summed E-state index contributed by atoms with van der Waals surface area (Å²) in [4.78, 5) is 1.30. The Balaban J connectivity index is 2.20. The molecule has 1 aromatic rings. The van der Waals surface area contributed by atoms with Gasteiger partial charge in [0, 0.05) is 25.2 Å². The van der Waals surface area contributed by atoms with Crippen LogP contribution < -0.4 is 0 Å². The van der Waals surface area contributed by atoms with Gasteiger partial charge in [0.25, 0.3) is 0 Å². The van der Waals surface area contributed by atoms with Crippen molar-refractivity contribution in [1.29, 1.82) is 0 Å². The minimum Gasteiger partial charge on any atom is -0.117 e. The maximum atomic E-state index is 6.08. The van der Waals surface area contributed by atoms with Gasteiger partial charge in [-0.3, -0.25) is 0 Å². The van der Waals surface area contributed by atoms with Crippen molar-refractivity contribution in [1.82, 2.24) is 0 Å². The number of hydrogen-bond acceptors (Lipinski definition) is 1. The summed E-state index contributed by atoms with van der Waals surface area (Å²) in [6.45, 7) is 2.27. The molecule has 16 heavy (non-hydrogen) atoms. The molecule has 0 amide bonds. The maximum absolute atomic E-state index is 6.08. The highest BCUT2D eigenvalue weighted by Gasteiger charge is 2.33. The van der Waals surface area contributed by atoms with Crippen LogP contribution in [0.3, 0.4) is 0 Å². The van der Waals surface area contributed by atoms with E-state index < -0.39 is 0 Å². The van der Waals surface area contributed by atoms with Crippen molar-refractivity contribution in [2.24, 2.45) is 5.92 Å². The zero-order valence-corrected chi connectivity index (χ0v) is 11.9. The summed E-state index contributed by atoms with van der Waals surface area (Å²) in [5.74, 6) is 0.586. The number of allylic oxidation sites excluding steroid dienone is 3. The molecule has 82 valence electrons. The van der Waals surface area contributed by atoms with E-state index in [0.717, 1.165) is 9.50 Å². The summed E-state index contributed by atoms with van der Waals surface area (Å²) >= 11 is 11.6. The predicted molar refractivity (Wildman–Crippen MR) is 75.1 cm³/mol. The number of benzene rings is 1. The van der Waals surface area contributed by atoms with E-state index in [9.17, 15) is 0 Å². The van der Waals surface area contributed by atoms with Gasteiger partial charge in [-0.05, 0) is 23.6 Å². The molecule has 2 aliphatic rings. The van der Waals surface area contributed by atoms with Gasteiger partial charge in [-0.15, -0.1) is 11.8 Å². The summed E-state index contributed by atoms with van der Waals surface area (Å²) in [7, 11) is 0. The molecule has 1 aliphatic heterocycles. The van der Waals surface area contributed by atoms with Crippen LogP contribution in [0.15, 0.2) is 39.7 Å². The number of hydrogen-bond donors (Lipinski definition) is 0. The highest BCUT2D eigenvalue weighted by atomic mass is 79.9. The summed E-state index contributed by atoms with van der Waals surface area (Å²) in [5.41, 5.74) is 2.76. The molecule has 1 aromatic carbocycles. The minimum absolute atomic E-state index is 0.551. The summed E-state index contributed by atoms with van der Waals surface area (Å²) in [5, 5.41) is 1.35. The summed E-state index contributed by atoms with van der Waals surface area (Å²) in [6, 6.07) is 4.05. The molecule has 0 aromatic heterocycles. The number of rotatable bonds is 0. The van der Waals surface area contributed by atoms with Gasteiger partial charge < -0.3 is 0 Å². The first-order chi connectivity index (χ1) is 7.66. The molecule has 3 heteroatoms. The van der Waals surface area contributed by atoms with Gasteiger partial charge in [0.2, 0.25) is 0 Å². The van der Waals surface area contributed by atoms with Crippen LogP contribution in [-0.4, -0.2) is 5.25 Å². The van der Waals surface area contributed by atoms with Crippen LogP contribution in [0.4, 0.5) is 0 Å². The van der Waals surface area contributed by atoms with Crippen LogP contribution in [-0.2, 0) is 0 Å². The predicted octanol–water partition coefficient (Wildman–Crippen LogP) is 5.17. The molecule has 2 unspecified atom stereocenters. The lowest BCUT2D eigenvalue weighted by molar-refractivity contribution is 0.769. The van der Waals surface area contributed by atoms with Crippen molar-refractivity contribution in [2.45, 2.75) is 17.1 Å². The molecule has 2 atom stereocenters. The second-order valence-electron chi connectivity index (χ2n) is 4.17. The first-order valence-electron chi connectivity index (χ1n) is 5.21. The van der Waals surface area contributed by atoms with Crippen molar-refractivity contribution in [3.63, 3.8) is 0 Å². The van der Waals surface area contributed by atoms with Crippen molar-refractivity contribution in [3.8, 4) is 0 Å². The quantitative estimate of drug-likeness (QED) is 0.637. The van der Waals surface area contributed by atoms with Crippen molar-refractivity contribution in [2.75, 3.05) is 0 Å². The van der Waals surface area contributed by atoms with Crippen molar-refractivity contribution >= 4 is 44.9 Å². The Bertz CT molecular complexity index is 519. The molecule has 0 saturated carbocycles. The van der Waals surface area contributed by atoms with E-state index >= 15 is 0 Å². The lowest BCUT2D eigenvalue weighted by atomic mass is 9.91. The smallest absolute Gasteiger partial charge is 0.0428 e. The fourth-order valence-corrected chi connectivity index (χ4v) is 4.95. The van der Waals surface area contributed by atoms with Crippen LogP contribution in [0, 0.1) is 5.92 Å².